The van der Waals surface area contributed by atoms with Crippen molar-refractivity contribution in [3.63, 3.8) is 0 Å². The number of rotatable bonds is 3. The van der Waals surface area contributed by atoms with Crippen molar-refractivity contribution in [2.75, 3.05) is 0 Å². The fourth-order valence-corrected chi connectivity index (χ4v) is 0.263. The van der Waals surface area contributed by atoms with Crippen LogP contribution in [0.25, 0.3) is 0 Å². The third-order valence-electron chi connectivity index (χ3n) is 0.689. The first-order valence-corrected chi connectivity index (χ1v) is 2.20. The zero-order valence-corrected chi connectivity index (χ0v) is 5.80. The number of aliphatic carboxylic acids is 2. The van der Waals surface area contributed by atoms with Gasteiger partial charge < -0.3 is 25.5 Å². The van der Waals surface area contributed by atoms with Gasteiger partial charge in [-0.05, 0) is 0 Å². The quantitative estimate of drug-likeness (QED) is 0.459. The molecule has 6 heteroatoms. The average Bonchev–Trinajstić information content (AvgIpc) is 1.63. The molecule has 0 spiro atoms. The van der Waals surface area contributed by atoms with E-state index in [0.717, 1.165) is 0 Å². The molecule has 1 unspecified atom stereocenters. The minimum absolute atomic E-state index is 0. The molecule has 0 rings (SSSR count). The zero-order valence-electron chi connectivity index (χ0n) is 4.81. The van der Waals surface area contributed by atoms with E-state index in [2.05, 4.69) is 0 Å². The molecule has 5 nitrogen and oxygen atoms in total. The Labute approximate surface area is 67.1 Å². The SMILES string of the molecule is NC(CC(=O)[O-])C(=O)[O-].[Ni+2]. The van der Waals surface area contributed by atoms with Crippen LogP contribution in [0.15, 0.2) is 0 Å². The van der Waals surface area contributed by atoms with Crippen molar-refractivity contribution in [3.05, 3.63) is 0 Å². The first-order chi connectivity index (χ1) is 4.04. The zero-order chi connectivity index (χ0) is 7.44. The van der Waals surface area contributed by atoms with Crippen LogP contribution in [0.2, 0.25) is 0 Å². The molecule has 0 aromatic carbocycles. The summed E-state index contributed by atoms with van der Waals surface area (Å²) in [5.41, 5.74) is 4.73. The summed E-state index contributed by atoms with van der Waals surface area (Å²) in [6.45, 7) is 0. The molecule has 0 fully saturated rings. The molecule has 0 amide bonds. The van der Waals surface area contributed by atoms with Gasteiger partial charge in [0.2, 0.25) is 0 Å². The van der Waals surface area contributed by atoms with Gasteiger partial charge in [0.1, 0.15) is 0 Å². The van der Waals surface area contributed by atoms with Gasteiger partial charge in [0.05, 0.1) is 5.97 Å². The van der Waals surface area contributed by atoms with Gasteiger partial charge in [-0.2, -0.15) is 0 Å². The van der Waals surface area contributed by atoms with Crippen LogP contribution in [0.3, 0.4) is 0 Å². The first-order valence-electron chi connectivity index (χ1n) is 2.20. The number of carbonyl (C=O) groups is 2. The Morgan fingerprint density at radius 2 is 1.80 bits per heavy atom. The van der Waals surface area contributed by atoms with Crippen LogP contribution in [0.1, 0.15) is 6.42 Å². The van der Waals surface area contributed by atoms with E-state index in [1.54, 1.807) is 0 Å². The number of carbonyl (C=O) groups excluding carboxylic acids is 2. The molecule has 0 saturated heterocycles. The molecule has 0 radical (unpaired) electrons. The van der Waals surface area contributed by atoms with E-state index in [0.29, 0.717) is 0 Å². The summed E-state index contributed by atoms with van der Waals surface area (Å²) in [4.78, 5) is 19.3. The van der Waals surface area contributed by atoms with Crippen LogP contribution in [-0.4, -0.2) is 18.0 Å². The van der Waals surface area contributed by atoms with Crippen molar-refractivity contribution >= 4 is 11.9 Å². The Kier molecular flexibility index (Phi) is 6.30. The second-order valence-electron chi connectivity index (χ2n) is 1.50. The van der Waals surface area contributed by atoms with Crippen LogP contribution < -0.4 is 15.9 Å². The van der Waals surface area contributed by atoms with Gasteiger partial charge in [0.15, 0.2) is 0 Å². The molecule has 0 aromatic heterocycles. The average molecular weight is 190 g/mol. The number of hydrogen-bond acceptors (Lipinski definition) is 5. The van der Waals surface area contributed by atoms with Crippen LogP contribution in [0.5, 0.6) is 0 Å². The fraction of sp³-hybridized carbons (Fsp3) is 0.500. The van der Waals surface area contributed by atoms with E-state index >= 15 is 0 Å². The maximum atomic E-state index is 9.71. The largest absolute Gasteiger partial charge is 2.00 e. The van der Waals surface area contributed by atoms with Crippen LogP contribution in [0.4, 0.5) is 0 Å². The molecule has 10 heavy (non-hydrogen) atoms. The van der Waals surface area contributed by atoms with Crippen molar-refractivity contribution in [3.8, 4) is 0 Å². The molecule has 0 aliphatic rings. The Balaban J connectivity index is 0. The molecule has 0 aromatic rings. The molecule has 2 N–H and O–H groups in total. The Morgan fingerprint density at radius 1 is 1.40 bits per heavy atom. The summed E-state index contributed by atoms with van der Waals surface area (Å²) in [7, 11) is 0. The predicted octanol–water partition coefficient (Wildman–Crippen LogP) is -3.80. The van der Waals surface area contributed by atoms with E-state index in [9.17, 15) is 19.8 Å². The van der Waals surface area contributed by atoms with Gasteiger partial charge >= 0.3 is 16.5 Å². The minimum atomic E-state index is -1.58. The Morgan fingerprint density at radius 3 is 1.90 bits per heavy atom. The summed E-state index contributed by atoms with van der Waals surface area (Å²) in [6.07, 6.45) is -0.706. The maximum absolute atomic E-state index is 9.71. The predicted molar refractivity (Wildman–Crippen MR) is 22.6 cm³/mol. The Hall–Kier alpha value is -0.606. The molecular weight excluding hydrogens is 185 g/mol. The maximum Gasteiger partial charge on any atom is 2.00 e. The van der Waals surface area contributed by atoms with E-state index in [1.807, 2.05) is 0 Å². The minimum Gasteiger partial charge on any atom is -0.550 e. The van der Waals surface area contributed by atoms with E-state index < -0.39 is 24.4 Å². The summed E-state index contributed by atoms with van der Waals surface area (Å²) < 4.78 is 0. The second kappa shape index (κ2) is 5.20. The van der Waals surface area contributed by atoms with Crippen molar-refractivity contribution in [2.45, 2.75) is 12.5 Å². The number of carboxylic acids is 2. The third kappa shape index (κ3) is 5.53. The van der Waals surface area contributed by atoms with Gasteiger partial charge in [-0.15, -0.1) is 0 Å². The second-order valence-corrected chi connectivity index (χ2v) is 1.50. The third-order valence-corrected chi connectivity index (χ3v) is 0.689. The standard InChI is InChI=1S/C4H7NO4.Ni/c5-2(4(8)9)1-3(6)7;/h2H,1,5H2,(H,6,7)(H,8,9);/q;+2/p-2. The molecule has 0 aliphatic heterocycles. The molecule has 0 saturated carbocycles. The smallest absolute Gasteiger partial charge is 0.550 e. The fourth-order valence-electron chi connectivity index (χ4n) is 0.263. The van der Waals surface area contributed by atoms with Gasteiger partial charge in [-0.25, -0.2) is 0 Å². The van der Waals surface area contributed by atoms with Gasteiger partial charge in [-0.3, -0.25) is 0 Å². The monoisotopic (exact) mass is 189 g/mol. The number of carboxylic acid groups (broad SMARTS) is 2. The molecule has 0 aliphatic carbocycles. The van der Waals surface area contributed by atoms with Gasteiger partial charge in [0, 0.05) is 18.4 Å². The normalized spacial score (nSPS) is 11.3. The Bertz CT molecular complexity index is 137. The summed E-state index contributed by atoms with van der Waals surface area (Å²) >= 11 is 0. The van der Waals surface area contributed by atoms with Crippen LogP contribution in [-0.2, 0) is 26.1 Å². The molecule has 0 heterocycles. The van der Waals surface area contributed by atoms with Gasteiger partial charge in [0.25, 0.3) is 0 Å². The van der Waals surface area contributed by atoms with Crippen molar-refractivity contribution in [2.24, 2.45) is 5.73 Å². The topological polar surface area (TPSA) is 106 Å². The van der Waals surface area contributed by atoms with Crippen LogP contribution >= 0.6 is 0 Å². The molecular formula is C4H5NNiO4. The summed E-state index contributed by atoms with van der Waals surface area (Å²) in [5.74, 6) is -3.08. The van der Waals surface area contributed by atoms with Crippen molar-refractivity contribution in [1.29, 1.82) is 0 Å². The van der Waals surface area contributed by atoms with Crippen molar-refractivity contribution in [1.82, 2.24) is 0 Å². The summed E-state index contributed by atoms with van der Waals surface area (Å²) in [5, 5.41) is 19.3. The number of hydrogen-bond donors (Lipinski definition) is 1. The molecule has 60 valence electrons. The van der Waals surface area contributed by atoms with E-state index in [4.69, 9.17) is 5.73 Å². The first kappa shape index (κ1) is 12.1. The van der Waals surface area contributed by atoms with E-state index in [1.165, 1.54) is 0 Å². The number of nitrogens with two attached hydrogens (primary N) is 1. The van der Waals surface area contributed by atoms with E-state index in [-0.39, 0.29) is 16.5 Å². The summed E-state index contributed by atoms with van der Waals surface area (Å²) in [6, 6.07) is -1.46. The van der Waals surface area contributed by atoms with Crippen LogP contribution in [0, 0.1) is 0 Å². The van der Waals surface area contributed by atoms with Crippen molar-refractivity contribution < 1.29 is 36.3 Å². The van der Waals surface area contributed by atoms with Gasteiger partial charge in [-0.1, -0.05) is 0 Å². The molecule has 1 atom stereocenters. The molecule has 0 bridgehead atoms.